The molecule has 0 aliphatic heterocycles. The molecule has 3 aromatic heterocycles. The van der Waals surface area contributed by atoms with Gasteiger partial charge in [-0.2, -0.15) is 10.2 Å². The predicted octanol–water partition coefficient (Wildman–Crippen LogP) is 4.64. The molecular formula is C26H31FN8O. The number of aromatic nitrogens is 5. The van der Waals surface area contributed by atoms with Gasteiger partial charge in [0.05, 0.1) is 12.4 Å². The van der Waals surface area contributed by atoms with Crippen LogP contribution in [0, 0.1) is 25.6 Å². The van der Waals surface area contributed by atoms with E-state index >= 15 is 0 Å². The molecule has 0 saturated heterocycles. The molecule has 3 aromatic rings. The zero-order valence-corrected chi connectivity index (χ0v) is 20.9. The Morgan fingerprint density at radius 2 is 2.06 bits per heavy atom. The molecule has 0 aromatic carbocycles. The molecule has 4 rings (SSSR count). The van der Waals surface area contributed by atoms with Crippen molar-refractivity contribution in [2.45, 2.75) is 52.5 Å². The highest BCUT2D eigenvalue weighted by Crippen LogP contribution is 2.41. The number of carbonyl (C=O) groups is 1. The Balaban J connectivity index is 1.32. The van der Waals surface area contributed by atoms with Gasteiger partial charge in [-0.1, -0.05) is 11.6 Å². The lowest BCUT2D eigenvalue weighted by molar-refractivity contribution is -0.128. The third-order valence-electron chi connectivity index (χ3n) is 6.36. The fourth-order valence-electron chi connectivity index (χ4n) is 4.08. The standard InChI is InChI=1S/C26H31FN8O/c1-15-8-22(31-23(9-15)32-24-10-17(3)33-34-24)19-11-20(12-19)26(36)30-18(4)16(2)6-7-25(28-5)35-14-21(27)13-29-35/h6-10,13-14,18-20H,5,11-12H2,1-4H3,(H,30,36)(H2,31,32,33,34)/b16-6+,25-7+/t18-,19?,20?/m0/s1. The highest BCUT2D eigenvalue weighted by molar-refractivity contribution is 5.80. The highest BCUT2D eigenvalue weighted by atomic mass is 19.1. The number of carbonyl (C=O) groups excluding carboxylic acids is 1. The van der Waals surface area contributed by atoms with Gasteiger partial charge in [0, 0.05) is 35.3 Å². The maximum absolute atomic E-state index is 13.2. The minimum atomic E-state index is -0.453. The number of anilines is 2. The Hall–Kier alpha value is -4.08. The maximum atomic E-state index is 13.2. The molecule has 0 bridgehead atoms. The molecule has 3 heterocycles. The minimum absolute atomic E-state index is 0.0321. The first-order valence-corrected chi connectivity index (χ1v) is 11.9. The molecule has 1 fully saturated rings. The molecule has 0 unspecified atom stereocenters. The monoisotopic (exact) mass is 490 g/mol. The molecule has 188 valence electrons. The predicted molar refractivity (Wildman–Crippen MR) is 138 cm³/mol. The van der Waals surface area contributed by atoms with E-state index in [-0.39, 0.29) is 23.8 Å². The fraction of sp³-hybridized carbons (Fsp3) is 0.346. The van der Waals surface area contributed by atoms with E-state index in [9.17, 15) is 9.18 Å². The topological polar surface area (TPSA) is 113 Å². The number of hydrogen-bond donors (Lipinski definition) is 3. The van der Waals surface area contributed by atoms with Crippen molar-refractivity contribution in [2.24, 2.45) is 10.9 Å². The number of aryl methyl sites for hydroxylation is 2. The van der Waals surface area contributed by atoms with E-state index < -0.39 is 5.82 Å². The normalized spacial score (nSPS) is 18.9. The van der Waals surface area contributed by atoms with Crippen LogP contribution in [0.5, 0.6) is 0 Å². The van der Waals surface area contributed by atoms with Crippen molar-refractivity contribution < 1.29 is 9.18 Å². The number of hydrogen-bond acceptors (Lipinski definition) is 6. The van der Waals surface area contributed by atoms with Crippen LogP contribution in [-0.4, -0.2) is 43.6 Å². The molecule has 0 radical (unpaired) electrons. The summed E-state index contributed by atoms with van der Waals surface area (Å²) in [4.78, 5) is 21.5. The molecule has 1 amide bonds. The third kappa shape index (κ3) is 5.94. The van der Waals surface area contributed by atoms with Crippen molar-refractivity contribution in [1.29, 1.82) is 0 Å². The van der Waals surface area contributed by atoms with E-state index in [0.29, 0.717) is 5.82 Å². The zero-order valence-electron chi connectivity index (χ0n) is 20.9. The van der Waals surface area contributed by atoms with Gasteiger partial charge in [0.15, 0.2) is 17.5 Å². The molecule has 9 nitrogen and oxygen atoms in total. The van der Waals surface area contributed by atoms with Crippen LogP contribution in [0.3, 0.4) is 0 Å². The van der Waals surface area contributed by atoms with E-state index in [4.69, 9.17) is 4.98 Å². The van der Waals surface area contributed by atoms with Crippen LogP contribution in [0.25, 0.3) is 5.82 Å². The molecule has 3 N–H and O–H groups in total. The molecule has 1 saturated carbocycles. The summed E-state index contributed by atoms with van der Waals surface area (Å²) in [5, 5.41) is 17.3. The summed E-state index contributed by atoms with van der Waals surface area (Å²) in [6.45, 7) is 11.3. The Bertz CT molecular complexity index is 1310. The SMILES string of the molecule is C=N/C(=C\C=C(/C)[C@H](C)NC(=O)C1CC(c2cc(C)cc(Nc3cc(C)[nH]n3)n2)C1)n1cc(F)cn1. The quantitative estimate of drug-likeness (QED) is 0.299. The number of rotatable bonds is 9. The number of halogens is 1. The van der Waals surface area contributed by atoms with Crippen LogP contribution in [0.4, 0.5) is 16.0 Å². The Labute approximate surface area is 209 Å². The van der Waals surface area contributed by atoms with E-state index in [1.807, 2.05) is 45.9 Å². The summed E-state index contributed by atoms with van der Waals surface area (Å²) in [5.74, 6) is 1.63. The number of nitrogens with zero attached hydrogens (tertiary/aromatic N) is 5. The smallest absolute Gasteiger partial charge is 0.223 e. The number of pyridine rings is 1. The third-order valence-corrected chi connectivity index (χ3v) is 6.36. The highest BCUT2D eigenvalue weighted by Gasteiger charge is 2.36. The average Bonchev–Trinajstić information content (AvgIpc) is 3.40. The van der Waals surface area contributed by atoms with Crippen LogP contribution in [0.2, 0.25) is 0 Å². The summed E-state index contributed by atoms with van der Waals surface area (Å²) in [6.07, 6.45) is 7.36. The van der Waals surface area contributed by atoms with Crippen molar-refractivity contribution in [3.05, 3.63) is 71.1 Å². The van der Waals surface area contributed by atoms with Gasteiger partial charge in [-0.25, -0.2) is 19.0 Å². The molecule has 36 heavy (non-hydrogen) atoms. The lowest BCUT2D eigenvalue weighted by Crippen LogP contribution is -2.42. The van der Waals surface area contributed by atoms with Crippen molar-refractivity contribution in [3.8, 4) is 0 Å². The molecule has 1 aliphatic rings. The average molecular weight is 491 g/mol. The van der Waals surface area contributed by atoms with Crippen LogP contribution >= 0.6 is 0 Å². The first kappa shape index (κ1) is 25.0. The molecule has 1 atom stereocenters. The molecule has 0 spiro atoms. The van der Waals surface area contributed by atoms with Gasteiger partial charge in [-0.05, 0) is 71.0 Å². The zero-order chi connectivity index (χ0) is 25.8. The second kappa shape index (κ2) is 10.7. The number of aromatic amines is 1. The summed E-state index contributed by atoms with van der Waals surface area (Å²) in [7, 11) is 0. The van der Waals surface area contributed by atoms with Crippen LogP contribution in [0.15, 0.2) is 53.3 Å². The van der Waals surface area contributed by atoms with Gasteiger partial charge in [-0.15, -0.1) is 0 Å². The van der Waals surface area contributed by atoms with E-state index in [2.05, 4.69) is 43.7 Å². The van der Waals surface area contributed by atoms with Crippen molar-refractivity contribution in [3.63, 3.8) is 0 Å². The fourth-order valence-corrected chi connectivity index (χ4v) is 4.08. The summed E-state index contributed by atoms with van der Waals surface area (Å²) < 4.78 is 14.5. The van der Waals surface area contributed by atoms with Gasteiger partial charge in [0.1, 0.15) is 5.82 Å². The van der Waals surface area contributed by atoms with Gasteiger partial charge in [0.2, 0.25) is 5.91 Å². The maximum Gasteiger partial charge on any atom is 0.223 e. The van der Waals surface area contributed by atoms with Crippen LogP contribution < -0.4 is 10.6 Å². The minimum Gasteiger partial charge on any atom is -0.350 e. The van der Waals surface area contributed by atoms with Crippen molar-refractivity contribution in [1.82, 2.24) is 30.3 Å². The summed E-state index contributed by atoms with van der Waals surface area (Å²) >= 11 is 0. The molecular weight excluding hydrogens is 459 g/mol. The number of amides is 1. The first-order valence-electron chi connectivity index (χ1n) is 11.9. The lowest BCUT2D eigenvalue weighted by Gasteiger charge is -2.35. The number of H-pyrrole nitrogens is 1. The lowest BCUT2D eigenvalue weighted by atomic mass is 9.72. The first-order chi connectivity index (χ1) is 17.2. The summed E-state index contributed by atoms with van der Waals surface area (Å²) in [6, 6.07) is 5.82. The molecule has 1 aliphatic carbocycles. The van der Waals surface area contributed by atoms with Gasteiger partial charge >= 0.3 is 0 Å². The number of allylic oxidation sites excluding steroid dienone is 2. The van der Waals surface area contributed by atoms with Gasteiger partial charge in [-0.3, -0.25) is 9.89 Å². The Morgan fingerprint density at radius 1 is 1.28 bits per heavy atom. The second-order valence-corrected chi connectivity index (χ2v) is 9.31. The van der Waals surface area contributed by atoms with Crippen LogP contribution in [0.1, 0.15) is 49.6 Å². The number of aliphatic imine (C=N–C) groups is 1. The van der Waals surface area contributed by atoms with Crippen LogP contribution in [-0.2, 0) is 4.79 Å². The van der Waals surface area contributed by atoms with E-state index in [0.717, 1.165) is 53.2 Å². The number of nitrogens with one attached hydrogen (secondary N) is 3. The van der Waals surface area contributed by atoms with E-state index in [1.165, 1.54) is 10.9 Å². The van der Waals surface area contributed by atoms with Gasteiger partial charge in [0.25, 0.3) is 0 Å². The van der Waals surface area contributed by atoms with Crippen molar-refractivity contribution in [2.75, 3.05) is 5.32 Å². The van der Waals surface area contributed by atoms with Crippen molar-refractivity contribution >= 4 is 30.1 Å². The van der Waals surface area contributed by atoms with Gasteiger partial charge < -0.3 is 10.6 Å². The molecule has 10 heteroatoms. The Morgan fingerprint density at radius 3 is 2.69 bits per heavy atom. The largest absolute Gasteiger partial charge is 0.350 e. The van der Waals surface area contributed by atoms with E-state index in [1.54, 1.807) is 6.08 Å². The summed E-state index contributed by atoms with van der Waals surface area (Å²) in [5.41, 5.74) is 4.00. The second-order valence-electron chi connectivity index (χ2n) is 9.31. The Kier molecular flexibility index (Phi) is 7.42.